The molecule has 0 saturated carbocycles. The maximum absolute atomic E-state index is 13.0. The van der Waals surface area contributed by atoms with E-state index >= 15 is 0 Å². The zero-order valence-electron chi connectivity index (χ0n) is 13.1. The van der Waals surface area contributed by atoms with Gasteiger partial charge in [-0.1, -0.05) is 17.7 Å². The Labute approximate surface area is 140 Å². The molecule has 1 saturated heterocycles. The first-order chi connectivity index (χ1) is 10.7. The van der Waals surface area contributed by atoms with Gasteiger partial charge >= 0.3 is 0 Å². The third kappa shape index (κ3) is 4.22. The molecule has 1 heterocycles. The number of carbonyl (C=O) groups is 1. The Balaban J connectivity index is 2.09. The maximum Gasteiger partial charge on any atom is 0.238 e. The van der Waals surface area contributed by atoms with E-state index in [0.29, 0.717) is 18.4 Å². The first-order valence-electron chi connectivity index (χ1n) is 7.45. The zero-order valence-corrected chi connectivity index (χ0v) is 14.6. The van der Waals surface area contributed by atoms with Crippen LogP contribution in [-0.4, -0.2) is 36.5 Å². The predicted molar refractivity (Wildman–Crippen MR) is 87.0 cm³/mol. The lowest BCUT2D eigenvalue weighted by molar-refractivity contribution is -0.125. The molecule has 1 fully saturated rings. The van der Waals surface area contributed by atoms with Crippen LogP contribution in [0.4, 0.5) is 4.39 Å². The predicted octanol–water partition coefficient (Wildman–Crippen LogP) is 2.30. The van der Waals surface area contributed by atoms with Crippen LogP contribution in [0.1, 0.15) is 32.3 Å². The van der Waals surface area contributed by atoms with Crippen molar-refractivity contribution in [1.29, 1.82) is 0 Å². The van der Waals surface area contributed by atoms with E-state index in [0.717, 1.165) is 0 Å². The van der Waals surface area contributed by atoms with E-state index in [4.69, 9.17) is 11.6 Å². The van der Waals surface area contributed by atoms with Gasteiger partial charge in [-0.15, -0.1) is 0 Å². The molecule has 1 unspecified atom stereocenters. The first kappa shape index (κ1) is 18.2. The molecule has 128 valence electrons. The molecular formula is C15H20ClFN2O3S. The van der Waals surface area contributed by atoms with Crippen LogP contribution in [0.15, 0.2) is 18.2 Å². The third-order valence-corrected chi connectivity index (χ3v) is 6.26. The number of benzene rings is 1. The van der Waals surface area contributed by atoms with Gasteiger partial charge in [0, 0.05) is 17.6 Å². The summed E-state index contributed by atoms with van der Waals surface area (Å²) in [5.41, 5.74) is 0.580. The van der Waals surface area contributed by atoms with Gasteiger partial charge in [0.1, 0.15) is 11.9 Å². The van der Waals surface area contributed by atoms with Gasteiger partial charge in [0.25, 0.3) is 0 Å². The van der Waals surface area contributed by atoms with Crippen LogP contribution in [0.2, 0.25) is 5.02 Å². The molecule has 1 aliphatic rings. The molecule has 0 spiro atoms. The molecule has 1 aromatic rings. The van der Waals surface area contributed by atoms with Crippen molar-refractivity contribution in [3.8, 4) is 0 Å². The highest BCUT2D eigenvalue weighted by atomic mass is 35.5. The number of nitrogens with one attached hydrogen (secondary N) is 1. The van der Waals surface area contributed by atoms with Gasteiger partial charge in [-0.25, -0.2) is 12.8 Å². The molecule has 23 heavy (non-hydrogen) atoms. The normalized spacial score (nSPS) is 21.3. The molecule has 2 rings (SSSR count). The SMILES string of the molecule is CC(C)N1C(C(=O)NCc2ccc(F)cc2Cl)CCCS1(=O)=O. The van der Waals surface area contributed by atoms with Gasteiger partial charge < -0.3 is 5.32 Å². The molecule has 1 amide bonds. The monoisotopic (exact) mass is 362 g/mol. The minimum Gasteiger partial charge on any atom is -0.351 e. The molecule has 8 heteroatoms. The van der Waals surface area contributed by atoms with E-state index in [9.17, 15) is 17.6 Å². The van der Waals surface area contributed by atoms with Crippen molar-refractivity contribution >= 4 is 27.5 Å². The number of nitrogens with zero attached hydrogens (tertiary/aromatic N) is 1. The van der Waals surface area contributed by atoms with Crippen molar-refractivity contribution < 1.29 is 17.6 Å². The molecule has 1 N–H and O–H groups in total. The van der Waals surface area contributed by atoms with Crippen molar-refractivity contribution in [3.05, 3.63) is 34.6 Å². The summed E-state index contributed by atoms with van der Waals surface area (Å²) in [6, 6.07) is 2.93. The fourth-order valence-electron chi connectivity index (χ4n) is 2.78. The largest absolute Gasteiger partial charge is 0.351 e. The van der Waals surface area contributed by atoms with E-state index in [2.05, 4.69) is 5.32 Å². The summed E-state index contributed by atoms with van der Waals surface area (Å²) in [6.07, 6.45) is 0.946. The molecule has 1 aliphatic heterocycles. The number of hydrogen-bond donors (Lipinski definition) is 1. The summed E-state index contributed by atoms with van der Waals surface area (Å²) in [7, 11) is -3.42. The average molecular weight is 363 g/mol. The van der Waals surface area contributed by atoms with Crippen LogP contribution in [0.25, 0.3) is 0 Å². The van der Waals surface area contributed by atoms with E-state index < -0.39 is 21.9 Å². The highest BCUT2D eigenvalue weighted by Gasteiger charge is 2.39. The van der Waals surface area contributed by atoms with Crippen LogP contribution >= 0.6 is 11.6 Å². The summed E-state index contributed by atoms with van der Waals surface area (Å²) >= 11 is 5.93. The van der Waals surface area contributed by atoms with Gasteiger partial charge in [-0.3, -0.25) is 4.79 Å². The Morgan fingerprint density at radius 3 is 2.78 bits per heavy atom. The third-order valence-electron chi connectivity index (χ3n) is 3.79. The van der Waals surface area contributed by atoms with Crippen molar-refractivity contribution in [3.63, 3.8) is 0 Å². The van der Waals surface area contributed by atoms with Crippen molar-refractivity contribution in [2.24, 2.45) is 0 Å². The Morgan fingerprint density at radius 1 is 1.48 bits per heavy atom. The van der Waals surface area contributed by atoms with Gasteiger partial charge in [0.2, 0.25) is 15.9 Å². The highest BCUT2D eigenvalue weighted by molar-refractivity contribution is 7.89. The number of halogens is 2. The summed E-state index contributed by atoms with van der Waals surface area (Å²) in [6.45, 7) is 3.63. The molecule has 0 aromatic heterocycles. The molecule has 1 aromatic carbocycles. The lowest BCUT2D eigenvalue weighted by Crippen LogP contribution is -2.55. The minimum absolute atomic E-state index is 0.0682. The van der Waals surface area contributed by atoms with Crippen molar-refractivity contribution in [1.82, 2.24) is 9.62 Å². The highest BCUT2D eigenvalue weighted by Crippen LogP contribution is 2.24. The molecule has 1 atom stereocenters. The zero-order chi connectivity index (χ0) is 17.2. The van der Waals surface area contributed by atoms with Crippen LogP contribution < -0.4 is 5.32 Å². The first-order valence-corrected chi connectivity index (χ1v) is 9.44. The van der Waals surface area contributed by atoms with Crippen molar-refractivity contribution in [2.75, 3.05) is 5.75 Å². The maximum atomic E-state index is 13.0. The van der Waals surface area contributed by atoms with Gasteiger partial charge in [-0.2, -0.15) is 4.31 Å². The fourth-order valence-corrected chi connectivity index (χ4v) is 4.99. The van der Waals surface area contributed by atoms with Gasteiger partial charge in [0.05, 0.1) is 5.75 Å². The topological polar surface area (TPSA) is 66.5 Å². The Hall–Kier alpha value is -1.18. The number of sulfonamides is 1. The van der Waals surface area contributed by atoms with E-state index in [1.807, 2.05) is 0 Å². The molecule has 0 radical (unpaired) electrons. The van der Waals surface area contributed by atoms with E-state index in [-0.39, 0.29) is 29.3 Å². The quantitative estimate of drug-likeness (QED) is 0.893. The Kier molecular flexibility index (Phi) is 5.65. The standard InChI is InChI=1S/C15H20ClFN2O3S/c1-10(2)19-14(4-3-7-23(19,21)22)15(20)18-9-11-5-6-12(17)8-13(11)16/h5-6,8,10,14H,3-4,7,9H2,1-2H3,(H,18,20). The van der Waals surface area contributed by atoms with E-state index in [1.165, 1.54) is 22.5 Å². The van der Waals surface area contributed by atoms with Gasteiger partial charge in [-0.05, 0) is 44.4 Å². The lowest BCUT2D eigenvalue weighted by atomic mass is 10.1. The number of rotatable bonds is 4. The average Bonchev–Trinajstić information content (AvgIpc) is 2.44. The summed E-state index contributed by atoms with van der Waals surface area (Å²) in [4.78, 5) is 12.4. The van der Waals surface area contributed by atoms with E-state index in [1.54, 1.807) is 13.8 Å². The molecule has 0 bridgehead atoms. The van der Waals surface area contributed by atoms with Crippen molar-refractivity contribution in [2.45, 2.75) is 45.3 Å². The summed E-state index contributed by atoms with van der Waals surface area (Å²) < 4.78 is 38.7. The number of hydrogen-bond acceptors (Lipinski definition) is 3. The number of carbonyl (C=O) groups excluding carboxylic acids is 1. The molecule has 0 aliphatic carbocycles. The molecular weight excluding hydrogens is 343 g/mol. The van der Waals surface area contributed by atoms with Crippen LogP contribution in [0.5, 0.6) is 0 Å². The minimum atomic E-state index is -3.42. The summed E-state index contributed by atoms with van der Waals surface area (Å²) in [5, 5.41) is 2.92. The van der Waals surface area contributed by atoms with Gasteiger partial charge in [0.15, 0.2) is 0 Å². The van der Waals surface area contributed by atoms with Crippen LogP contribution in [0, 0.1) is 5.82 Å². The lowest BCUT2D eigenvalue weighted by Gasteiger charge is -2.36. The Morgan fingerprint density at radius 2 is 2.17 bits per heavy atom. The van der Waals surface area contributed by atoms with Crippen LogP contribution in [-0.2, 0) is 21.4 Å². The second-order valence-electron chi connectivity index (χ2n) is 5.85. The molecule has 5 nitrogen and oxygen atoms in total. The summed E-state index contributed by atoms with van der Waals surface area (Å²) in [5.74, 6) is -0.740. The fraction of sp³-hybridized carbons (Fsp3) is 0.533. The Bertz CT molecular complexity index is 694. The second kappa shape index (κ2) is 7.15. The number of amides is 1. The second-order valence-corrected chi connectivity index (χ2v) is 8.25. The smallest absolute Gasteiger partial charge is 0.238 e. The van der Waals surface area contributed by atoms with Crippen LogP contribution in [0.3, 0.4) is 0 Å².